The van der Waals surface area contributed by atoms with E-state index >= 15 is 0 Å². The van der Waals surface area contributed by atoms with Crippen molar-refractivity contribution in [2.75, 3.05) is 28.2 Å². The largest absolute Gasteiger partial charge is 0.493 e. The maximum Gasteiger partial charge on any atom is 0.147 e. The number of allylic oxidation sites excluding steroid dienone is 18. The topological polar surface area (TPSA) is 111 Å². The highest BCUT2D eigenvalue weighted by atomic mass is 32.2. The number of aromatic nitrogens is 5. The van der Waals surface area contributed by atoms with Crippen molar-refractivity contribution in [3.63, 3.8) is 0 Å². The number of nitrogens with zero attached hydrogens (tertiary/aromatic N) is 11. The summed E-state index contributed by atoms with van der Waals surface area (Å²) in [5, 5.41) is 26.1. The van der Waals surface area contributed by atoms with Crippen LogP contribution in [0.4, 0.5) is 0 Å². The van der Waals surface area contributed by atoms with Crippen LogP contribution in [0.2, 0.25) is 0 Å². The number of likely N-dealkylation sites (N-methyl/N-ethyl adjacent to an activating group) is 4. The van der Waals surface area contributed by atoms with E-state index in [1.165, 1.54) is 78.0 Å². The highest BCUT2D eigenvalue weighted by Gasteiger charge is 2.36. The van der Waals surface area contributed by atoms with Crippen LogP contribution in [0, 0.1) is 69.1 Å². The minimum absolute atomic E-state index is 0.292. The number of aryl methyl sites for hydroxylation is 4. The zero-order valence-corrected chi connectivity index (χ0v) is 63.6. The maximum absolute atomic E-state index is 5.45. The molecule has 2 aromatic rings. The van der Waals surface area contributed by atoms with Crippen LogP contribution < -0.4 is 0 Å². The lowest BCUT2D eigenvalue weighted by Crippen LogP contribution is -2.32. The van der Waals surface area contributed by atoms with E-state index in [9.17, 15) is 0 Å². The number of thioether (sulfide) groups is 2. The van der Waals surface area contributed by atoms with Gasteiger partial charge in [0.15, 0.2) is 0 Å². The van der Waals surface area contributed by atoms with E-state index in [4.69, 9.17) is 4.74 Å². The molecule has 0 aromatic carbocycles. The molecule has 0 saturated carbocycles. The highest BCUT2D eigenvalue weighted by molar-refractivity contribution is 8.03. The molecule has 0 amide bonds. The first kappa shape index (κ1) is 75.0. The predicted octanol–water partition coefficient (Wildman–Crippen LogP) is 18.6. The van der Waals surface area contributed by atoms with Crippen molar-refractivity contribution in [2.45, 2.75) is 165 Å². The van der Waals surface area contributed by atoms with Gasteiger partial charge in [-0.05, 0) is 176 Å². The molecule has 14 unspecified atom stereocenters. The minimum atomic E-state index is 0.292. The van der Waals surface area contributed by atoms with E-state index in [1.54, 1.807) is 6.20 Å². The Morgan fingerprint density at radius 3 is 1.03 bits per heavy atom. The second kappa shape index (κ2) is 34.6. The third-order valence-electron chi connectivity index (χ3n) is 20.3. The van der Waals surface area contributed by atoms with Gasteiger partial charge < -0.3 is 14.5 Å². The molecule has 0 fully saturated rings. The van der Waals surface area contributed by atoms with E-state index in [0.717, 1.165) is 22.9 Å². The molecule has 9 heterocycles. The summed E-state index contributed by atoms with van der Waals surface area (Å²) in [6.07, 6.45) is 58.3. The maximum atomic E-state index is 5.45. The van der Waals surface area contributed by atoms with Crippen LogP contribution in [-0.2, 0) is 4.74 Å². The Morgan fingerprint density at radius 1 is 0.330 bits per heavy atom. The first-order chi connectivity index (χ1) is 46.2. The zero-order valence-electron chi connectivity index (χ0n) is 62.0. The van der Waals surface area contributed by atoms with Gasteiger partial charge in [-0.3, -0.25) is 10.0 Å². The molecule has 0 bridgehead atoms. The number of rotatable bonds is 0. The molecule has 7 aliphatic carbocycles. The first-order valence-corrected chi connectivity index (χ1v) is 36.3. The Hall–Kier alpha value is -7.81. The molecule has 2 aromatic heterocycles. The van der Waals surface area contributed by atoms with Crippen LogP contribution in [0.1, 0.15) is 120 Å². The molecule has 0 saturated heterocycles. The summed E-state index contributed by atoms with van der Waals surface area (Å²) in [7, 11) is 8.38. The lowest BCUT2D eigenvalue weighted by atomic mass is 9.85. The van der Waals surface area contributed by atoms with E-state index in [1.807, 2.05) is 106 Å². The van der Waals surface area contributed by atoms with E-state index in [0.29, 0.717) is 82.2 Å². The van der Waals surface area contributed by atoms with Crippen molar-refractivity contribution in [2.24, 2.45) is 51.6 Å². The van der Waals surface area contributed by atoms with Crippen molar-refractivity contribution >= 4 is 36.0 Å². The Balaban J connectivity index is 0.000000140. The van der Waals surface area contributed by atoms with Gasteiger partial charge in [-0.25, -0.2) is 15.0 Å². The van der Waals surface area contributed by atoms with Crippen LogP contribution in [0.3, 0.4) is 0 Å². The van der Waals surface area contributed by atoms with Crippen molar-refractivity contribution in [1.29, 1.82) is 0 Å². The van der Waals surface area contributed by atoms with Gasteiger partial charge in [0.05, 0.1) is 42.3 Å². The summed E-state index contributed by atoms with van der Waals surface area (Å²) in [4.78, 5) is 16.4. The quantitative estimate of drug-likeness (QED) is 0.250. The third-order valence-corrected chi connectivity index (χ3v) is 22.8. The fourth-order valence-corrected chi connectivity index (χ4v) is 16.5. The summed E-state index contributed by atoms with van der Waals surface area (Å²) in [5.41, 5.74) is 22.3. The van der Waals surface area contributed by atoms with Crippen LogP contribution in [0.5, 0.6) is 0 Å². The average molecular weight is 1340 g/mol. The molecule has 97 heavy (non-hydrogen) atoms. The molecule has 14 atom stereocenters. The minimum Gasteiger partial charge on any atom is -0.493 e. The molecule has 7 aliphatic heterocycles. The first-order valence-electron chi connectivity index (χ1n) is 34.4. The van der Waals surface area contributed by atoms with Gasteiger partial charge in [0.1, 0.15) is 17.8 Å². The molecule has 0 spiro atoms. The SMILES string of the molecule is CC1=CC=C(C)C2C1C=CN2C.CC1=CC=C(C)C2C1C=CN2C.CC1=CC=C(C)C2C1C=NN2C.CC1=CC=C(C)C2C1C=NN2C.CC1=CC=C(C)C2OC=CC12.CC1=CC=C(C)C2SC=CC12.CC1=CC=C(C)C2SC=CC12.Cc1cnc(C)nc1.Cc1cnc(C)nn1. The molecule has 0 N–H and O–H groups in total. The van der Waals surface area contributed by atoms with Gasteiger partial charge in [-0.15, -0.1) is 28.6 Å². The molecular weight excluding hydrogens is 1230 g/mol. The van der Waals surface area contributed by atoms with Gasteiger partial charge >= 0.3 is 0 Å². The Bertz CT molecular complexity index is 3370. The van der Waals surface area contributed by atoms with E-state index < -0.39 is 0 Å². The highest BCUT2D eigenvalue weighted by Crippen LogP contribution is 2.43. The van der Waals surface area contributed by atoms with Crippen LogP contribution in [0.15, 0.2) is 252 Å². The molecule has 514 valence electrons. The Kier molecular flexibility index (Phi) is 26.7. The van der Waals surface area contributed by atoms with E-state index in [2.05, 4.69) is 295 Å². The fraction of sp³-hybridized carbons (Fsp3) is 0.434. The lowest BCUT2D eigenvalue weighted by Gasteiger charge is -2.30. The van der Waals surface area contributed by atoms with Crippen LogP contribution in [-0.4, -0.2) is 126 Å². The average Bonchev–Trinajstić information content (AvgIpc) is 1.78. The van der Waals surface area contributed by atoms with Gasteiger partial charge in [-0.2, -0.15) is 15.3 Å². The number of hydrazone groups is 2. The summed E-state index contributed by atoms with van der Waals surface area (Å²) in [6.45, 7) is 38.2. The Morgan fingerprint density at radius 2 is 0.680 bits per heavy atom. The third kappa shape index (κ3) is 19.1. The molecule has 16 rings (SSSR count). The molecule has 14 aliphatic rings. The number of ether oxygens (including phenoxy) is 1. The Labute approximate surface area is 591 Å². The van der Waals surface area contributed by atoms with Crippen molar-refractivity contribution in [3.05, 3.63) is 264 Å². The fourth-order valence-electron chi connectivity index (χ4n) is 14.1. The molecular formula is C83H109N11OS2. The summed E-state index contributed by atoms with van der Waals surface area (Å²) < 4.78 is 5.45. The number of fused-ring (bicyclic) bond motifs is 7. The van der Waals surface area contributed by atoms with Gasteiger partial charge in [-0.1, -0.05) is 171 Å². The molecule has 12 nitrogen and oxygen atoms in total. The summed E-state index contributed by atoms with van der Waals surface area (Å²) in [6, 6.07) is 2.15. The number of hydrogen-bond acceptors (Lipinski definition) is 14. The molecule has 0 radical (unpaired) electrons. The zero-order chi connectivity index (χ0) is 70.4. The van der Waals surface area contributed by atoms with Crippen LogP contribution in [0.25, 0.3) is 0 Å². The molecule has 14 heteroatoms. The monoisotopic (exact) mass is 1340 g/mol. The van der Waals surface area contributed by atoms with Crippen molar-refractivity contribution in [3.8, 4) is 0 Å². The predicted molar refractivity (Wildman–Crippen MR) is 414 cm³/mol. The smallest absolute Gasteiger partial charge is 0.147 e. The number of hydrogen-bond donors (Lipinski definition) is 0. The normalized spacial score (nSPS) is 29.6. The standard InChI is InChI=1S/2C11H15N.2C10H14N2.C10H12O.2C10H12S.C6H8N2.C5H7N3/c2*1-8-4-5-9(2)11-10(8)6-7-12(11)3;2*1-7-4-5-8(2)10-9(7)6-11-12(10)3;3*1-7-3-4-8(2)10-9(7)5-6-11-10;1-5-3-7-6(2)8-4-5;1-4-3-6-5(2)8-7-4/h2*4-7,10-11H,1-3H3;2*4-6,9-10H,1-3H3;3*3-6,9-10H,1-2H3;3-4H,1-2H3;3H,1-2H3. The summed E-state index contributed by atoms with van der Waals surface area (Å²) >= 11 is 3.90. The second-order valence-electron chi connectivity index (χ2n) is 28.0. The van der Waals surface area contributed by atoms with E-state index in [-0.39, 0.29) is 0 Å². The second-order valence-corrected chi connectivity index (χ2v) is 30.1. The van der Waals surface area contributed by atoms with Crippen molar-refractivity contribution in [1.82, 2.24) is 45.0 Å². The van der Waals surface area contributed by atoms with Crippen LogP contribution >= 0.6 is 23.5 Å². The lowest BCUT2D eigenvalue weighted by molar-refractivity contribution is 0.177. The van der Waals surface area contributed by atoms with Crippen molar-refractivity contribution < 1.29 is 4.74 Å². The van der Waals surface area contributed by atoms with Gasteiger partial charge in [0, 0.05) is 105 Å². The summed E-state index contributed by atoms with van der Waals surface area (Å²) in [5.74, 6) is 5.70. The van der Waals surface area contributed by atoms with Gasteiger partial charge in [0.2, 0.25) is 0 Å². The van der Waals surface area contributed by atoms with Gasteiger partial charge in [0.25, 0.3) is 0 Å².